The van der Waals surface area contributed by atoms with Gasteiger partial charge in [0.25, 0.3) is 0 Å². The molecule has 6 rings (SSSR count). The van der Waals surface area contributed by atoms with E-state index in [1.807, 2.05) is 65.3 Å². The van der Waals surface area contributed by atoms with E-state index in [2.05, 4.69) is 54.2 Å². The van der Waals surface area contributed by atoms with Crippen molar-refractivity contribution < 1.29 is 0 Å². The van der Waals surface area contributed by atoms with Crippen LogP contribution in [-0.2, 0) is 0 Å². The fourth-order valence-corrected chi connectivity index (χ4v) is 3.69. The number of para-hydroxylation sites is 1. The number of hydrogen-bond donors (Lipinski definition) is 2. The highest BCUT2D eigenvalue weighted by molar-refractivity contribution is 5.81. The summed E-state index contributed by atoms with van der Waals surface area (Å²) in [6, 6.07) is 26.1. The first kappa shape index (κ1) is 18.8. The summed E-state index contributed by atoms with van der Waals surface area (Å²) in [6.07, 6.45) is 3.55. The van der Waals surface area contributed by atoms with E-state index in [9.17, 15) is 0 Å². The normalized spacial score (nSPS) is 11.0. The van der Waals surface area contributed by atoms with Gasteiger partial charge >= 0.3 is 0 Å². The maximum Gasteiger partial charge on any atom is 0.229 e. The molecule has 0 saturated carbocycles. The summed E-state index contributed by atoms with van der Waals surface area (Å²) in [7, 11) is 0. The Hall–Kier alpha value is -4.92. The van der Waals surface area contributed by atoms with Crippen LogP contribution < -0.4 is 5.32 Å². The minimum atomic E-state index is 0.480. The molecule has 6 aromatic rings. The van der Waals surface area contributed by atoms with Crippen LogP contribution in [0.4, 0.5) is 11.6 Å². The van der Waals surface area contributed by atoms with E-state index in [0.29, 0.717) is 11.8 Å². The van der Waals surface area contributed by atoms with Crippen molar-refractivity contribution in [2.75, 3.05) is 5.32 Å². The van der Waals surface area contributed by atoms with Crippen LogP contribution in [0.25, 0.3) is 39.2 Å². The maximum atomic E-state index is 4.75. The molecule has 0 fully saturated rings. The summed E-state index contributed by atoms with van der Waals surface area (Å²) in [5.41, 5.74) is 5.57. The van der Waals surface area contributed by atoms with Crippen LogP contribution in [0.2, 0.25) is 0 Å². The molecule has 0 unspecified atom stereocenters. The zero-order valence-electron chi connectivity index (χ0n) is 17.3. The fourth-order valence-electron chi connectivity index (χ4n) is 3.69. The number of nitrogens with zero attached hydrogens (tertiary/aromatic N) is 7. The largest absolute Gasteiger partial charge is 0.324 e. The van der Waals surface area contributed by atoms with E-state index in [1.165, 1.54) is 0 Å². The van der Waals surface area contributed by atoms with Gasteiger partial charge in [-0.25, -0.2) is 9.67 Å². The minimum Gasteiger partial charge on any atom is -0.324 e. The molecule has 0 aliphatic carbocycles. The van der Waals surface area contributed by atoms with Crippen molar-refractivity contribution >= 4 is 22.7 Å². The smallest absolute Gasteiger partial charge is 0.229 e. The van der Waals surface area contributed by atoms with Gasteiger partial charge in [0.1, 0.15) is 0 Å². The Balaban J connectivity index is 1.35. The van der Waals surface area contributed by atoms with Gasteiger partial charge in [-0.1, -0.05) is 48.5 Å². The molecule has 2 N–H and O–H groups in total. The molecule has 0 aliphatic rings. The third-order valence-electron chi connectivity index (χ3n) is 5.27. The zero-order valence-corrected chi connectivity index (χ0v) is 17.3. The molecule has 0 spiro atoms. The van der Waals surface area contributed by atoms with Gasteiger partial charge in [0.15, 0.2) is 5.65 Å². The van der Waals surface area contributed by atoms with Gasteiger partial charge in [-0.2, -0.15) is 15.3 Å². The summed E-state index contributed by atoms with van der Waals surface area (Å²) >= 11 is 0. The van der Waals surface area contributed by atoms with Gasteiger partial charge < -0.3 is 5.32 Å². The van der Waals surface area contributed by atoms with Crippen molar-refractivity contribution in [2.24, 2.45) is 0 Å². The van der Waals surface area contributed by atoms with E-state index in [4.69, 9.17) is 4.98 Å². The van der Waals surface area contributed by atoms with Crippen LogP contribution in [0.3, 0.4) is 0 Å². The molecular weight excluding hydrogens is 414 g/mol. The second-order valence-electron chi connectivity index (χ2n) is 7.35. The Labute approximate surface area is 188 Å². The lowest BCUT2D eigenvalue weighted by atomic mass is 10.0. The number of hydrogen-bond acceptors (Lipinski definition) is 7. The Morgan fingerprint density at radius 3 is 2.42 bits per heavy atom. The number of rotatable bonds is 5. The van der Waals surface area contributed by atoms with Gasteiger partial charge in [-0.3, -0.25) is 0 Å². The van der Waals surface area contributed by atoms with Gasteiger partial charge in [0.05, 0.1) is 17.3 Å². The quantitative estimate of drug-likeness (QED) is 0.416. The predicted molar refractivity (Wildman–Crippen MR) is 125 cm³/mol. The molecule has 0 bridgehead atoms. The molecule has 9 nitrogen and oxygen atoms in total. The van der Waals surface area contributed by atoms with Crippen LogP contribution in [0.15, 0.2) is 91.3 Å². The number of H-pyrrole nitrogens is 1. The molecule has 0 amide bonds. The minimum absolute atomic E-state index is 0.480. The van der Waals surface area contributed by atoms with Crippen molar-refractivity contribution in [3.8, 4) is 28.2 Å². The molecule has 3 aromatic heterocycles. The summed E-state index contributed by atoms with van der Waals surface area (Å²) in [6.45, 7) is 0. The number of aromatic amines is 1. The number of tetrazole rings is 1. The highest BCUT2D eigenvalue weighted by Gasteiger charge is 2.13. The highest BCUT2D eigenvalue weighted by atomic mass is 15.5. The van der Waals surface area contributed by atoms with Gasteiger partial charge in [-0.15, -0.1) is 10.2 Å². The number of benzene rings is 3. The third-order valence-corrected chi connectivity index (χ3v) is 5.27. The summed E-state index contributed by atoms with van der Waals surface area (Å²) < 4.78 is 1.85. The second kappa shape index (κ2) is 7.97. The molecule has 158 valence electrons. The molecule has 0 radical (unpaired) electrons. The van der Waals surface area contributed by atoms with Crippen molar-refractivity contribution in [3.63, 3.8) is 0 Å². The number of fused-ring (bicyclic) bond motifs is 1. The lowest BCUT2D eigenvalue weighted by Crippen LogP contribution is -2.02. The first-order chi connectivity index (χ1) is 16.3. The van der Waals surface area contributed by atoms with E-state index in [1.54, 1.807) is 12.4 Å². The summed E-state index contributed by atoms with van der Waals surface area (Å²) in [5.74, 6) is 1.02. The zero-order chi connectivity index (χ0) is 22.0. The van der Waals surface area contributed by atoms with Gasteiger partial charge in [-0.05, 0) is 41.1 Å². The highest BCUT2D eigenvalue weighted by Crippen LogP contribution is 2.28. The van der Waals surface area contributed by atoms with Crippen molar-refractivity contribution in [2.45, 2.75) is 0 Å². The molecule has 0 atom stereocenters. The third kappa shape index (κ3) is 3.57. The molecule has 3 heterocycles. The maximum absolute atomic E-state index is 4.75. The van der Waals surface area contributed by atoms with Crippen LogP contribution in [-0.4, -0.2) is 40.4 Å². The monoisotopic (exact) mass is 431 g/mol. The van der Waals surface area contributed by atoms with Crippen LogP contribution in [0, 0.1) is 0 Å². The molecule has 0 saturated heterocycles. The Bertz CT molecular complexity index is 1520. The Morgan fingerprint density at radius 1 is 0.788 bits per heavy atom. The van der Waals surface area contributed by atoms with Crippen molar-refractivity contribution in [3.05, 3.63) is 91.3 Å². The fraction of sp³-hybridized carbons (Fsp3) is 0. The topological polar surface area (TPSA) is 110 Å². The molecule has 9 heteroatoms. The Kier molecular flexibility index (Phi) is 4.54. The first-order valence-electron chi connectivity index (χ1n) is 10.3. The van der Waals surface area contributed by atoms with Crippen molar-refractivity contribution in [1.29, 1.82) is 0 Å². The Morgan fingerprint density at radius 2 is 1.61 bits per heavy atom. The van der Waals surface area contributed by atoms with E-state index < -0.39 is 0 Å². The standard InChI is InChI=1S/C24H17N9/c1-2-6-16(7-3-1)20-8-4-5-9-21(20)33-23-18(15-26-33)14-25-24(28-23)27-19-12-10-17(11-13-19)22-29-31-32-30-22/h1-15H,(H,25,27,28)(H,29,30,31,32). The first-order valence-corrected chi connectivity index (χ1v) is 10.3. The lowest BCUT2D eigenvalue weighted by Gasteiger charge is -2.11. The van der Waals surface area contributed by atoms with Crippen LogP contribution in [0.1, 0.15) is 0 Å². The van der Waals surface area contributed by atoms with Crippen molar-refractivity contribution in [1.82, 2.24) is 40.4 Å². The SMILES string of the molecule is c1ccc(-c2ccccc2-n2ncc3cnc(Nc4ccc(-c5nn[nH]n5)cc4)nc32)cc1. The number of nitrogens with one attached hydrogen (secondary N) is 2. The molecular formula is C24H17N9. The van der Waals surface area contributed by atoms with Crippen LogP contribution in [0.5, 0.6) is 0 Å². The van der Waals surface area contributed by atoms with E-state index >= 15 is 0 Å². The molecule has 33 heavy (non-hydrogen) atoms. The van der Waals surface area contributed by atoms with Gasteiger partial charge in [0, 0.05) is 23.0 Å². The number of aromatic nitrogens is 8. The molecule has 0 aliphatic heterocycles. The average Bonchev–Trinajstić information content (AvgIpc) is 3.56. The predicted octanol–water partition coefficient (Wildman–Crippen LogP) is 4.41. The van der Waals surface area contributed by atoms with E-state index in [-0.39, 0.29) is 0 Å². The lowest BCUT2D eigenvalue weighted by molar-refractivity contribution is 0.881. The van der Waals surface area contributed by atoms with Crippen LogP contribution >= 0.6 is 0 Å². The average molecular weight is 431 g/mol. The van der Waals surface area contributed by atoms with Gasteiger partial charge in [0.2, 0.25) is 11.8 Å². The second-order valence-corrected chi connectivity index (χ2v) is 7.35. The van der Waals surface area contributed by atoms with E-state index in [0.717, 1.165) is 39.1 Å². The summed E-state index contributed by atoms with van der Waals surface area (Å²) in [5, 5.41) is 22.8. The number of anilines is 2. The molecule has 3 aromatic carbocycles. The summed E-state index contributed by atoms with van der Waals surface area (Å²) in [4.78, 5) is 9.20.